The normalized spacial score (nSPS) is 14.9. The minimum atomic E-state index is -0.504. The number of amides is 2. The van der Waals surface area contributed by atoms with Crippen LogP contribution in [0.4, 0.5) is 5.82 Å². The Labute approximate surface area is 154 Å². The second-order valence-electron chi connectivity index (χ2n) is 6.83. The lowest BCUT2D eigenvalue weighted by Crippen LogP contribution is -2.52. The number of carbonyl (C=O) groups is 2. The van der Waals surface area contributed by atoms with Crippen molar-refractivity contribution in [2.45, 2.75) is 52.6 Å². The molecule has 2 aromatic rings. The summed E-state index contributed by atoms with van der Waals surface area (Å²) in [4.78, 5) is 26.9. The molecular weight excluding hydrogens is 328 g/mol. The number of hydrogen-bond donors (Lipinski definition) is 1. The van der Waals surface area contributed by atoms with Crippen LogP contribution in [0.2, 0.25) is 0 Å². The standard InChI is InChI=1S/C20H26N4O2/c1-4-17(20(26)21-11-9-16-7-5-14(2)6-8-16)24-18-13-15(3)22-23(18)12-10-19(24)25/h5-8,13,17H,4,9-12H2,1-3H3,(H,21,26)/t17-/m0/s1. The van der Waals surface area contributed by atoms with Crippen molar-refractivity contribution in [2.75, 3.05) is 11.4 Å². The number of fused-ring (bicyclic) bond motifs is 1. The average Bonchev–Trinajstić information content (AvgIpc) is 2.99. The van der Waals surface area contributed by atoms with Crippen LogP contribution in [0.1, 0.15) is 36.6 Å². The molecule has 138 valence electrons. The van der Waals surface area contributed by atoms with Crippen LogP contribution in [0.25, 0.3) is 0 Å². The lowest BCUT2D eigenvalue weighted by molar-refractivity contribution is -0.127. The Hall–Kier alpha value is -2.63. The number of aromatic nitrogens is 2. The highest BCUT2D eigenvalue weighted by Gasteiger charge is 2.34. The fourth-order valence-corrected chi connectivity index (χ4v) is 3.36. The van der Waals surface area contributed by atoms with Crippen LogP contribution < -0.4 is 10.2 Å². The molecule has 0 spiro atoms. The molecule has 0 saturated heterocycles. The Morgan fingerprint density at radius 2 is 2.00 bits per heavy atom. The van der Waals surface area contributed by atoms with Crippen LogP contribution in [-0.2, 0) is 22.6 Å². The van der Waals surface area contributed by atoms with Crippen molar-refractivity contribution in [3.8, 4) is 0 Å². The number of nitrogens with one attached hydrogen (secondary N) is 1. The molecule has 1 aliphatic heterocycles. The average molecular weight is 354 g/mol. The number of anilines is 1. The topological polar surface area (TPSA) is 67.2 Å². The summed E-state index contributed by atoms with van der Waals surface area (Å²) in [5.74, 6) is 0.595. The van der Waals surface area contributed by atoms with E-state index in [9.17, 15) is 9.59 Å². The van der Waals surface area contributed by atoms with Crippen LogP contribution in [-0.4, -0.2) is 34.2 Å². The molecule has 1 aromatic heterocycles. The maximum atomic E-state index is 12.7. The molecule has 2 amide bonds. The molecule has 1 aliphatic rings. The third-order valence-electron chi connectivity index (χ3n) is 4.77. The molecule has 0 saturated carbocycles. The van der Waals surface area contributed by atoms with Gasteiger partial charge in [0.2, 0.25) is 11.8 Å². The molecule has 0 unspecified atom stereocenters. The van der Waals surface area contributed by atoms with Crippen molar-refractivity contribution < 1.29 is 9.59 Å². The van der Waals surface area contributed by atoms with E-state index in [1.807, 2.05) is 24.6 Å². The molecule has 0 radical (unpaired) electrons. The van der Waals surface area contributed by atoms with Crippen LogP contribution in [0.15, 0.2) is 30.3 Å². The van der Waals surface area contributed by atoms with Crippen LogP contribution >= 0.6 is 0 Å². The molecule has 1 atom stereocenters. The Morgan fingerprint density at radius 3 is 2.69 bits per heavy atom. The first-order valence-electron chi connectivity index (χ1n) is 9.19. The predicted octanol–water partition coefficient (Wildman–Crippen LogP) is 2.37. The van der Waals surface area contributed by atoms with Gasteiger partial charge < -0.3 is 5.32 Å². The summed E-state index contributed by atoms with van der Waals surface area (Å²) in [6, 6.07) is 9.67. The zero-order valence-electron chi connectivity index (χ0n) is 15.7. The van der Waals surface area contributed by atoms with Crippen molar-refractivity contribution in [3.63, 3.8) is 0 Å². The second-order valence-corrected chi connectivity index (χ2v) is 6.83. The van der Waals surface area contributed by atoms with Gasteiger partial charge in [0.25, 0.3) is 0 Å². The van der Waals surface area contributed by atoms with Gasteiger partial charge in [-0.3, -0.25) is 14.5 Å². The van der Waals surface area contributed by atoms with Crippen LogP contribution in [0.5, 0.6) is 0 Å². The first kappa shape index (κ1) is 18.2. The van der Waals surface area contributed by atoms with Gasteiger partial charge in [0, 0.05) is 19.0 Å². The summed E-state index contributed by atoms with van der Waals surface area (Å²) in [6.45, 7) is 7.01. The monoisotopic (exact) mass is 354 g/mol. The molecule has 3 rings (SSSR count). The number of nitrogens with zero attached hydrogens (tertiary/aromatic N) is 3. The fraction of sp³-hybridized carbons (Fsp3) is 0.450. The molecular formula is C20H26N4O2. The highest BCUT2D eigenvalue weighted by atomic mass is 16.2. The van der Waals surface area contributed by atoms with E-state index in [4.69, 9.17) is 0 Å². The van der Waals surface area contributed by atoms with Gasteiger partial charge in [0.1, 0.15) is 11.9 Å². The van der Waals surface area contributed by atoms with Crippen molar-refractivity contribution >= 4 is 17.6 Å². The third kappa shape index (κ3) is 3.79. The van der Waals surface area contributed by atoms with E-state index in [0.717, 1.165) is 17.9 Å². The van der Waals surface area contributed by atoms with E-state index in [-0.39, 0.29) is 11.8 Å². The van der Waals surface area contributed by atoms with Crippen molar-refractivity contribution in [3.05, 3.63) is 47.2 Å². The van der Waals surface area contributed by atoms with Crippen molar-refractivity contribution in [1.29, 1.82) is 0 Å². The molecule has 1 N–H and O–H groups in total. The lowest BCUT2D eigenvalue weighted by atomic mass is 10.1. The number of hydrogen-bond acceptors (Lipinski definition) is 3. The SMILES string of the molecule is CC[C@@H](C(=O)NCCc1ccc(C)cc1)N1C(=O)CCn2nc(C)cc21. The van der Waals surface area contributed by atoms with Gasteiger partial charge in [0.15, 0.2) is 0 Å². The number of benzene rings is 1. The molecule has 0 fully saturated rings. The Balaban J connectivity index is 1.67. The number of rotatable bonds is 6. The molecule has 1 aromatic carbocycles. The highest BCUT2D eigenvalue weighted by molar-refractivity contribution is 6.00. The third-order valence-corrected chi connectivity index (χ3v) is 4.77. The zero-order chi connectivity index (χ0) is 18.7. The Morgan fingerprint density at radius 1 is 1.27 bits per heavy atom. The van der Waals surface area contributed by atoms with Gasteiger partial charge in [-0.1, -0.05) is 36.8 Å². The van der Waals surface area contributed by atoms with Crippen LogP contribution in [0.3, 0.4) is 0 Å². The Bertz CT molecular complexity index is 795. The zero-order valence-corrected chi connectivity index (χ0v) is 15.7. The minimum Gasteiger partial charge on any atom is -0.354 e. The van der Waals surface area contributed by atoms with Gasteiger partial charge in [0.05, 0.1) is 12.2 Å². The quantitative estimate of drug-likeness (QED) is 0.866. The predicted molar refractivity (Wildman–Crippen MR) is 101 cm³/mol. The van der Waals surface area contributed by atoms with E-state index in [2.05, 4.69) is 41.6 Å². The van der Waals surface area contributed by atoms with Crippen molar-refractivity contribution in [2.24, 2.45) is 0 Å². The molecule has 0 bridgehead atoms. The fourth-order valence-electron chi connectivity index (χ4n) is 3.36. The van der Waals surface area contributed by atoms with E-state index in [0.29, 0.717) is 25.9 Å². The summed E-state index contributed by atoms with van der Waals surface area (Å²) in [7, 11) is 0. The maximum absolute atomic E-state index is 12.7. The van der Waals surface area contributed by atoms with Gasteiger partial charge in [-0.15, -0.1) is 0 Å². The van der Waals surface area contributed by atoms with Crippen LogP contribution in [0, 0.1) is 13.8 Å². The minimum absolute atomic E-state index is 0.0158. The summed E-state index contributed by atoms with van der Waals surface area (Å²) in [5, 5.41) is 7.40. The molecule has 0 aliphatic carbocycles. The molecule has 6 nitrogen and oxygen atoms in total. The highest BCUT2D eigenvalue weighted by Crippen LogP contribution is 2.26. The first-order chi connectivity index (χ1) is 12.5. The van der Waals surface area contributed by atoms with Gasteiger partial charge in [-0.2, -0.15) is 5.10 Å². The Kier molecular flexibility index (Phi) is 5.40. The molecule has 26 heavy (non-hydrogen) atoms. The van der Waals surface area contributed by atoms with Gasteiger partial charge in [-0.05, 0) is 32.3 Å². The summed E-state index contributed by atoms with van der Waals surface area (Å²) in [5.41, 5.74) is 3.26. The number of aryl methyl sites for hydroxylation is 3. The summed E-state index contributed by atoms with van der Waals surface area (Å²) >= 11 is 0. The van der Waals surface area contributed by atoms with E-state index in [1.165, 1.54) is 11.1 Å². The van der Waals surface area contributed by atoms with E-state index < -0.39 is 6.04 Å². The first-order valence-corrected chi connectivity index (χ1v) is 9.19. The summed E-state index contributed by atoms with van der Waals surface area (Å²) in [6.07, 6.45) is 1.71. The van der Waals surface area contributed by atoms with E-state index >= 15 is 0 Å². The number of carbonyl (C=O) groups excluding carboxylic acids is 2. The maximum Gasteiger partial charge on any atom is 0.243 e. The molecule has 2 heterocycles. The largest absolute Gasteiger partial charge is 0.354 e. The van der Waals surface area contributed by atoms with Gasteiger partial charge in [-0.25, -0.2) is 4.68 Å². The second kappa shape index (κ2) is 7.72. The van der Waals surface area contributed by atoms with E-state index in [1.54, 1.807) is 4.90 Å². The summed E-state index contributed by atoms with van der Waals surface area (Å²) < 4.78 is 1.82. The molecule has 6 heteroatoms. The smallest absolute Gasteiger partial charge is 0.243 e. The lowest BCUT2D eigenvalue weighted by Gasteiger charge is -2.33. The van der Waals surface area contributed by atoms with Crippen molar-refractivity contribution in [1.82, 2.24) is 15.1 Å². The van der Waals surface area contributed by atoms with Gasteiger partial charge >= 0.3 is 0 Å².